The maximum absolute atomic E-state index is 14.2. The highest BCUT2D eigenvalue weighted by atomic mass is 19.1. The summed E-state index contributed by atoms with van der Waals surface area (Å²) in [6.45, 7) is 8.10. The zero-order chi connectivity index (χ0) is 20.7. The number of hydrogen-bond donors (Lipinski definition) is 1. The van der Waals surface area contributed by atoms with E-state index in [1.807, 2.05) is 32.4 Å². The zero-order valence-electron chi connectivity index (χ0n) is 16.9. The Morgan fingerprint density at radius 1 is 1.24 bits per heavy atom. The Bertz CT molecular complexity index is 1200. The molecule has 0 bridgehead atoms. The van der Waals surface area contributed by atoms with Gasteiger partial charge in [-0.05, 0) is 33.8 Å². The maximum Gasteiger partial charge on any atom is 0.272 e. The van der Waals surface area contributed by atoms with E-state index in [1.54, 1.807) is 41.2 Å². The second-order valence-electron chi connectivity index (χ2n) is 7.42. The molecule has 0 saturated heterocycles. The molecule has 3 aromatic heterocycles. The average molecular weight is 394 g/mol. The monoisotopic (exact) mass is 394 g/mol. The molecule has 0 saturated carbocycles. The fourth-order valence-electron chi connectivity index (χ4n) is 3.66. The quantitative estimate of drug-likeness (QED) is 0.514. The SMILES string of the molecule is Cc1nn(C(C)C)c(C)c1NC(=O)c1cc2occc2n1Cc1ccccc1F. The Morgan fingerprint density at radius 2 is 2.00 bits per heavy atom. The highest BCUT2D eigenvalue weighted by Crippen LogP contribution is 2.26. The van der Waals surface area contributed by atoms with E-state index in [9.17, 15) is 9.18 Å². The predicted octanol–water partition coefficient (Wildman–Crippen LogP) is 5.07. The van der Waals surface area contributed by atoms with Gasteiger partial charge in [-0.3, -0.25) is 9.48 Å². The van der Waals surface area contributed by atoms with Crippen molar-refractivity contribution in [2.24, 2.45) is 0 Å². The zero-order valence-corrected chi connectivity index (χ0v) is 16.9. The van der Waals surface area contributed by atoms with Gasteiger partial charge in [-0.1, -0.05) is 18.2 Å². The summed E-state index contributed by atoms with van der Waals surface area (Å²) < 4.78 is 23.4. The summed E-state index contributed by atoms with van der Waals surface area (Å²) in [5, 5.41) is 7.50. The van der Waals surface area contributed by atoms with E-state index in [0.717, 1.165) is 16.9 Å². The van der Waals surface area contributed by atoms with Crippen molar-refractivity contribution in [2.75, 3.05) is 5.32 Å². The molecule has 1 aromatic carbocycles. The molecule has 0 radical (unpaired) electrons. The van der Waals surface area contributed by atoms with Gasteiger partial charge < -0.3 is 14.3 Å². The molecule has 0 aliphatic rings. The van der Waals surface area contributed by atoms with Crippen LogP contribution in [0.5, 0.6) is 0 Å². The first-order valence-corrected chi connectivity index (χ1v) is 9.54. The Morgan fingerprint density at radius 3 is 2.69 bits per heavy atom. The number of benzene rings is 1. The molecule has 7 heteroatoms. The van der Waals surface area contributed by atoms with Crippen LogP contribution in [0.15, 0.2) is 47.1 Å². The Labute approximate surface area is 167 Å². The predicted molar refractivity (Wildman–Crippen MR) is 110 cm³/mol. The molecule has 29 heavy (non-hydrogen) atoms. The number of nitrogens with zero attached hydrogens (tertiary/aromatic N) is 3. The molecule has 6 nitrogen and oxygen atoms in total. The van der Waals surface area contributed by atoms with Gasteiger partial charge in [0.05, 0.1) is 35.4 Å². The summed E-state index contributed by atoms with van der Waals surface area (Å²) in [6.07, 6.45) is 1.56. The number of fused-ring (bicyclic) bond motifs is 1. The number of rotatable bonds is 5. The number of aromatic nitrogens is 3. The van der Waals surface area contributed by atoms with Gasteiger partial charge in [0.25, 0.3) is 5.91 Å². The number of aryl methyl sites for hydroxylation is 1. The van der Waals surface area contributed by atoms with Crippen LogP contribution in [0.2, 0.25) is 0 Å². The molecule has 0 aliphatic heterocycles. The lowest BCUT2D eigenvalue weighted by molar-refractivity contribution is 0.101. The summed E-state index contributed by atoms with van der Waals surface area (Å²) in [6, 6.07) is 10.2. The van der Waals surface area contributed by atoms with E-state index < -0.39 is 0 Å². The van der Waals surface area contributed by atoms with Crippen LogP contribution in [0.25, 0.3) is 11.1 Å². The van der Waals surface area contributed by atoms with Gasteiger partial charge >= 0.3 is 0 Å². The lowest BCUT2D eigenvalue weighted by atomic mass is 10.2. The van der Waals surface area contributed by atoms with E-state index in [0.29, 0.717) is 22.5 Å². The standard InChI is InChI=1S/C22H23FN4O2/c1-13(2)27-15(4)21(14(3)25-27)24-22(28)19-11-20-18(9-10-29-20)26(19)12-16-7-5-6-8-17(16)23/h5-11,13H,12H2,1-4H3,(H,24,28). The van der Waals surface area contributed by atoms with Crippen molar-refractivity contribution in [1.29, 1.82) is 0 Å². The maximum atomic E-state index is 14.2. The highest BCUT2D eigenvalue weighted by molar-refractivity contribution is 6.06. The van der Waals surface area contributed by atoms with Crippen molar-refractivity contribution < 1.29 is 13.6 Å². The third-order valence-electron chi connectivity index (χ3n) is 5.09. The number of halogens is 1. The molecule has 0 spiro atoms. The van der Waals surface area contributed by atoms with Gasteiger partial charge in [0.1, 0.15) is 11.5 Å². The van der Waals surface area contributed by atoms with Gasteiger partial charge in [-0.15, -0.1) is 0 Å². The molecule has 4 rings (SSSR count). The van der Waals surface area contributed by atoms with Crippen LogP contribution in [-0.2, 0) is 6.54 Å². The number of anilines is 1. The fraction of sp³-hybridized carbons (Fsp3) is 0.273. The van der Waals surface area contributed by atoms with Crippen molar-refractivity contribution in [2.45, 2.75) is 40.3 Å². The van der Waals surface area contributed by atoms with E-state index in [-0.39, 0.29) is 24.3 Å². The van der Waals surface area contributed by atoms with Crippen LogP contribution in [0.1, 0.15) is 47.3 Å². The summed E-state index contributed by atoms with van der Waals surface area (Å²) >= 11 is 0. The summed E-state index contributed by atoms with van der Waals surface area (Å²) in [4.78, 5) is 13.2. The Hall–Kier alpha value is -3.35. The van der Waals surface area contributed by atoms with E-state index in [4.69, 9.17) is 4.42 Å². The molecule has 3 heterocycles. The number of furan rings is 1. The number of amides is 1. The van der Waals surface area contributed by atoms with Gasteiger partial charge in [-0.25, -0.2) is 4.39 Å². The molecular formula is C22H23FN4O2. The van der Waals surface area contributed by atoms with Gasteiger partial charge in [0, 0.05) is 23.7 Å². The van der Waals surface area contributed by atoms with Crippen LogP contribution in [-0.4, -0.2) is 20.3 Å². The Kier molecular flexibility index (Phi) is 4.74. The number of carbonyl (C=O) groups is 1. The molecule has 0 atom stereocenters. The highest BCUT2D eigenvalue weighted by Gasteiger charge is 2.22. The first-order chi connectivity index (χ1) is 13.9. The van der Waals surface area contributed by atoms with E-state index in [1.165, 1.54) is 6.07 Å². The number of nitrogens with one attached hydrogen (secondary N) is 1. The van der Waals surface area contributed by atoms with Gasteiger partial charge in [0.2, 0.25) is 0 Å². The minimum Gasteiger partial charge on any atom is -0.463 e. The largest absolute Gasteiger partial charge is 0.463 e. The lowest BCUT2D eigenvalue weighted by Crippen LogP contribution is -2.18. The fourth-order valence-corrected chi connectivity index (χ4v) is 3.66. The Balaban J connectivity index is 1.72. The third-order valence-corrected chi connectivity index (χ3v) is 5.09. The van der Waals surface area contributed by atoms with Crippen LogP contribution in [0, 0.1) is 19.7 Å². The first kappa shape index (κ1) is 19.0. The molecule has 1 N–H and O–H groups in total. The third kappa shape index (κ3) is 3.33. The normalized spacial score (nSPS) is 11.5. The summed E-state index contributed by atoms with van der Waals surface area (Å²) in [7, 11) is 0. The number of carbonyl (C=O) groups excluding carboxylic acids is 1. The minimum absolute atomic E-state index is 0.187. The molecule has 0 aliphatic carbocycles. The molecule has 1 amide bonds. The average Bonchev–Trinajstić information content (AvgIpc) is 3.34. The smallest absolute Gasteiger partial charge is 0.272 e. The van der Waals surface area contributed by atoms with E-state index >= 15 is 0 Å². The van der Waals surface area contributed by atoms with Crippen molar-refractivity contribution in [1.82, 2.24) is 14.3 Å². The van der Waals surface area contributed by atoms with Crippen molar-refractivity contribution in [3.05, 3.63) is 71.1 Å². The first-order valence-electron chi connectivity index (χ1n) is 9.54. The van der Waals surface area contributed by atoms with Crippen molar-refractivity contribution >= 4 is 22.7 Å². The molecule has 4 aromatic rings. The van der Waals surface area contributed by atoms with E-state index in [2.05, 4.69) is 10.4 Å². The van der Waals surface area contributed by atoms with Crippen LogP contribution in [0.4, 0.5) is 10.1 Å². The second kappa shape index (κ2) is 7.24. The summed E-state index contributed by atoms with van der Waals surface area (Å²) in [5.74, 6) is -0.601. The van der Waals surface area contributed by atoms with Crippen LogP contribution < -0.4 is 5.32 Å². The lowest BCUT2D eigenvalue weighted by Gasteiger charge is -2.12. The second-order valence-corrected chi connectivity index (χ2v) is 7.42. The van der Waals surface area contributed by atoms with Gasteiger partial charge in [0.15, 0.2) is 5.58 Å². The molecule has 150 valence electrons. The summed E-state index contributed by atoms with van der Waals surface area (Å²) in [5.41, 5.74) is 4.56. The topological polar surface area (TPSA) is 65.0 Å². The van der Waals surface area contributed by atoms with Gasteiger partial charge in [-0.2, -0.15) is 5.10 Å². The molecule has 0 unspecified atom stereocenters. The number of hydrogen-bond acceptors (Lipinski definition) is 3. The van der Waals surface area contributed by atoms with Crippen LogP contribution in [0.3, 0.4) is 0 Å². The van der Waals surface area contributed by atoms with Crippen molar-refractivity contribution in [3.63, 3.8) is 0 Å². The minimum atomic E-state index is -0.311. The van der Waals surface area contributed by atoms with Crippen LogP contribution >= 0.6 is 0 Å². The van der Waals surface area contributed by atoms with Crippen molar-refractivity contribution in [3.8, 4) is 0 Å². The molecular weight excluding hydrogens is 371 g/mol. The molecule has 0 fully saturated rings.